The van der Waals surface area contributed by atoms with Crippen molar-refractivity contribution >= 4 is 33.6 Å². The highest BCUT2D eigenvalue weighted by molar-refractivity contribution is 7.89. The second-order valence-corrected chi connectivity index (χ2v) is 8.18. The van der Waals surface area contributed by atoms with Crippen molar-refractivity contribution in [3.63, 3.8) is 0 Å². The summed E-state index contributed by atoms with van der Waals surface area (Å²) in [4.78, 5) is 24.3. The Balaban J connectivity index is 1.99. The Morgan fingerprint density at radius 3 is 2.48 bits per heavy atom. The summed E-state index contributed by atoms with van der Waals surface area (Å²) in [5.41, 5.74) is 0. The number of benzene rings is 1. The van der Waals surface area contributed by atoms with E-state index in [0.29, 0.717) is 31.2 Å². The van der Waals surface area contributed by atoms with E-state index in [1.165, 1.54) is 23.5 Å². The Morgan fingerprint density at radius 2 is 1.92 bits per heavy atom. The number of carbonyl (C=O) groups is 2. The van der Waals surface area contributed by atoms with Crippen molar-refractivity contribution in [1.29, 1.82) is 0 Å². The van der Waals surface area contributed by atoms with E-state index >= 15 is 0 Å². The molecule has 1 aliphatic heterocycles. The number of quaternary nitrogens is 1. The molecule has 1 atom stereocenters. The van der Waals surface area contributed by atoms with Crippen molar-refractivity contribution in [2.75, 3.05) is 33.2 Å². The van der Waals surface area contributed by atoms with Gasteiger partial charge in [-0.3, -0.25) is 10.1 Å². The summed E-state index contributed by atoms with van der Waals surface area (Å²) in [6.45, 7) is 3.25. The van der Waals surface area contributed by atoms with Crippen LogP contribution in [0.4, 0.5) is 4.79 Å². The average molecular weight is 390 g/mol. The molecule has 2 rings (SSSR count). The van der Waals surface area contributed by atoms with Crippen molar-refractivity contribution in [1.82, 2.24) is 14.9 Å². The molecule has 0 aliphatic carbocycles. The first-order valence-corrected chi connectivity index (χ1v) is 9.70. The minimum Gasteiger partial charge on any atom is -0.341 e. The SMILES string of the molecule is CNC(=O)NC(=O)[C@H](C)[NH+]1CCN(S(=O)(=O)c2cccc(Cl)c2)CC1. The predicted molar refractivity (Wildman–Crippen MR) is 93.0 cm³/mol. The molecule has 0 radical (unpaired) electrons. The lowest BCUT2D eigenvalue weighted by atomic mass is 10.2. The van der Waals surface area contributed by atoms with Gasteiger partial charge in [-0.15, -0.1) is 0 Å². The Hall–Kier alpha value is -1.68. The van der Waals surface area contributed by atoms with Crippen molar-refractivity contribution in [2.24, 2.45) is 0 Å². The predicted octanol–water partition coefficient (Wildman–Crippen LogP) is -0.927. The Kier molecular flexibility index (Phi) is 6.39. The molecule has 3 N–H and O–H groups in total. The highest BCUT2D eigenvalue weighted by atomic mass is 35.5. The molecule has 0 aromatic heterocycles. The number of amides is 3. The van der Waals surface area contributed by atoms with Crippen molar-refractivity contribution < 1.29 is 22.9 Å². The van der Waals surface area contributed by atoms with Crippen LogP contribution in [0.25, 0.3) is 0 Å². The van der Waals surface area contributed by atoms with Crippen LogP contribution in [0.1, 0.15) is 6.92 Å². The summed E-state index contributed by atoms with van der Waals surface area (Å²) < 4.78 is 26.7. The summed E-state index contributed by atoms with van der Waals surface area (Å²) in [5.74, 6) is -0.388. The van der Waals surface area contributed by atoms with E-state index in [1.807, 2.05) is 0 Å². The van der Waals surface area contributed by atoms with E-state index in [1.54, 1.807) is 19.1 Å². The van der Waals surface area contributed by atoms with Crippen LogP contribution in [0.15, 0.2) is 29.2 Å². The topological polar surface area (TPSA) is 100 Å². The Labute approximate surface area is 152 Å². The van der Waals surface area contributed by atoms with Crippen LogP contribution in [-0.2, 0) is 14.8 Å². The molecule has 25 heavy (non-hydrogen) atoms. The summed E-state index contributed by atoms with van der Waals surface area (Å²) in [7, 11) is -2.18. The fraction of sp³-hybridized carbons (Fsp3) is 0.467. The largest absolute Gasteiger partial charge is 0.341 e. The van der Waals surface area contributed by atoms with Crippen LogP contribution >= 0.6 is 11.6 Å². The van der Waals surface area contributed by atoms with Crippen molar-refractivity contribution in [2.45, 2.75) is 17.9 Å². The number of halogens is 1. The molecule has 0 bridgehead atoms. The van der Waals surface area contributed by atoms with Crippen molar-refractivity contribution in [3.05, 3.63) is 29.3 Å². The number of hydrogen-bond donors (Lipinski definition) is 3. The second-order valence-electron chi connectivity index (χ2n) is 5.81. The number of hydrogen-bond acceptors (Lipinski definition) is 4. The molecule has 1 aliphatic rings. The minimum absolute atomic E-state index is 0.161. The zero-order valence-electron chi connectivity index (χ0n) is 14.1. The van der Waals surface area contributed by atoms with Gasteiger partial charge in [0, 0.05) is 12.1 Å². The Bertz CT molecular complexity index is 748. The van der Waals surface area contributed by atoms with Gasteiger partial charge in [-0.25, -0.2) is 13.2 Å². The van der Waals surface area contributed by atoms with Gasteiger partial charge in [-0.05, 0) is 25.1 Å². The second kappa shape index (κ2) is 8.13. The zero-order chi connectivity index (χ0) is 18.6. The number of nitrogens with zero attached hydrogens (tertiary/aromatic N) is 1. The highest BCUT2D eigenvalue weighted by Gasteiger charge is 2.34. The highest BCUT2D eigenvalue weighted by Crippen LogP contribution is 2.19. The number of carbonyl (C=O) groups excluding carboxylic acids is 2. The van der Waals surface area contributed by atoms with Crippen LogP contribution in [-0.4, -0.2) is 63.9 Å². The van der Waals surface area contributed by atoms with Crippen LogP contribution in [0.5, 0.6) is 0 Å². The van der Waals surface area contributed by atoms with E-state index in [4.69, 9.17) is 11.6 Å². The quantitative estimate of drug-likeness (QED) is 0.619. The zero-order valence-corrected chi connectivity index (χ0v) is 15.7. The van der Waals surface area contributed by atoms with E-state index < -0.39 is 22.1 Å². The van der Waals surface area contributed by atoms with Crippen LogP contribution in [0.2, 0.25) is 5.02 Å². The molecule has 1 heterocycles. The normalized spacial score (nSPS) is 17.7. The van der Waals surface area contributed by atoms with Crippen LogP contribution in [0, 0.1) is 0 Å². The molecule has 0 spiro atoms. The molecule has 138 valence electrons. The first-order valence-electron chi connectivity index (χ1n) is 7.88. The summed E-state index contributed by atoms with van der Waals surface area (Å²) in [5, 5.41) is 4.93. The number of rotatable bonds is 4. The molecule has 10 heteroatoms. The van der Waals surface area contributed by atoms with E-state index in [0.717, 1.165) is 4.90 Å². The van der Waals surface area contributed by atoms with Crippen LogP contribution in [0.3, 0.4) is 0 Å². The Morgan fingerprint density at radius 1 is 1.28 bits per heavy atom. The fourth-order valence-corrected chi connectivity index (χ4v) is 4.43. The molecule has 3 amide bonds. The lowest BCUT2D eigenvalue weighted by Crippen LogP contribution is -3.19. The van der Waals surface area contributed by atoms with Crippen molar-refractivity contribution in [3.8, 4) is 0 Å². The molecule has 8 nitrogen and oxygen atoms in total. The molecule has 0 unspecified atom stereocenters. The lowest BCUT2D eigenvalue weighted by Gasteiger charge is -2.34. The molecule has 1 fully saturated rings. The summed E-state index contributed by atoms with van der Waals surface area (Å²) >= 11 is 5.88. The van der Waals surface area contributed by atoms with Gasteiger partial charge in [0.2, 0.25) is 10.0 Å². The van der Waals surface area contributed by atoms with Gasteiger partial charge in [0.25, 0.3) is 5.91 Å². The van der Waals surface area contributed by atoms with E-state index in [9.17, 15) is 18.0 Å². The summed E-state index contributed by atoms with van der Waals surface area (Å²) in [6.07, 6.45) is 0. The number of nitrogens with one attached hydrogen (secondary N) is 3. The fourth-order valence-electron chi connectivity index (χ4n) is 2.69. The summed E-state index contributed by atoms with van der Waals surface area (Å²) in [6, 6.07) is 5.15. The molecule has 1 aromatic carbocycles. The van der Waals surface area contributed by atoms with Gasteiger partial charge in [0.05, 0.1) is 31.1 Å². The van der Waals surface area contributed by atoms with Gasteiger partial charge in [0.1, 0.15) is 0 Å². The van der Waals surface area contributed by atoms with E-state index in [2.05, 4.69) is 10.6 Å². The third kappa shape index (κ3) is 4.69. The lowest BCUT2D eigenvalue weighted by molar-refractivity contribution is -0.917. The minimum atomic E-state index is -3.61. The molecular formula is C15H22ClN4O4S+. The molecular weight excluding hydrogens is 368 g/mol. The number of piperazine rings is 1. The van der Waals surface area contributed by atoms with Gasteiger partial charge < -0.3 is 10.2 Å². The van der Waals surface area contributed by atoms with Gasteiger partial charge in [0.15, 0.2) is 6.04 Å². The molecule has 1 saturated heterocycles. The van der Waals surface area contributed by atoms with Gasteiger partial charge in [-0.2, -0.15) is 4.31 Å². The third-order valence-corrected chi connectivity index (χ3v) is 6.40. The molecule has 0 saturated carbocycles. The average Bonchev–Trinajstić information content (AvgIpc) is 2.61. The van der Waals surface area contributed by atoms with Gasteiger partial charge in [-0.1, -0.05) is 17.7 Å². The third-order valence-electron chi connectivity index (χ3n) is 4.27. The van der Waals surface area contributed by atoms with E-state index in [-0.39, 0.29) is 10.8 Å². The first kappa shape index (κ1) is 19.6. The maximum absolute atomic E-state index is 12.7. The maximum Gasteiger partial charge on any atom is 0.321 e. The number of sulfonamides is 1. The van der Waals surface area contributed by atoms with Crippen LogP contribution < -0.4 is 15.5 Å². The standard InChI is InChI=1S/C15H21ClN4O4S/c1-11(14(21)18-15(22)17-2)19-6-8-20(9-7-19)25(23,24)13-5-3-4-12(16)10-13/h3-5,10-11H,6-9H2,1-2H3,(H2,17,18,21,22)/p+1/t11-/m0/s1. The van der Waals surface area contributed by atoms with Gasteiger partial charge >= 0.3 is 6.03 Å². The molecule has 1 aromatic rings. The smallest absolute Gasteiger partial charge is 0.321 e. The monoisotopic (exact) mass is 389 g/mol. The first-order chi connectivity index (χ1) is 11.8. The maximum atomic E-state index is 12.7. The number of urea groups is 1. The number of imide groups is 1.